The van der Waals surface area contributed by atoms with Gasteiger partial charge in [0.15, 0.2) is 0 Å². The summed E-state index contributed by atoms with van der Waals surface area (Å²) in [5, 5.41) is 19.2. The second-order valence-electron chi connectivity index (χ2n) is 3.75. The molecule has 1 aromatic rings. The molecule has 8 nitrogen and oxygen atoms in total. The zero-order valence-corrected chi connectivity index (χ0v) is 8.81. The zero-order chi connectivity index (χ0) is 12.4. The fourth-order valence-electron chi connectivity index (χ4n) is 1.45. The molecule has 1 aromatic heterocycles. The maximum Gasteiger partial charge on any atom is 0.323 e. The van der Waals surface area contributed by atoms with Crippen molar-refractivity contribution < 1.29 is 14.8 Å². The minimum absolute atomic E-state index is 0.132. The van der Waals surface area contributed by atoms with Gasteiger partial charge in [0.1, 0.15) is 18.9 Å². The third-order valence-electron chi connectivity index (χ3n) is 2.39. The molecule has 1 fully saturated rings. The molecule has 0 amide bonds. The van der Waals surface area contributed by atoms with Gasteiger partial charge in [0, 0.05) is 6.04 Å². The Morgan fingerprint density at radius 3 is 2.53 bits per heavy atom. The average molecular weight is 238 g/mol. The Labute approximate surface area is 96.1 Å². The van der Waals surface area contributed by atoms with Crippen molar-refractivity contribution in [3.8, 4) is 0 Å². The average Bonchev–Trinajstić information content (AvgIpc) is 3.09. The number of carboxylic acids is 1. The lowest BCUT2D eigenvalue weighted by Gasteiger charge is -2.19. The maximum atomic E-state index is 10.7. The Morgan fingerprint density at radius 1 is 1.53 bits per heavy atom. The lowest BCUT2D eigenvalue weighted by atomic mass is 10.4. The number of carbonyl (C=O) groups is 1. The smallest absolute Gasteiger partial charge is 0.323 e. The summed E-state index contributed by atoms with van der Waals surface area (Å²) in [6.45, 7) is -0.192. The normalized spacial score (nSPS) is 14.4. The molecule has 0 atom stereocenters. The van der Waals surface area contributed by atoms with Crippen LogP contribution in [0, 0.1) is 10.1 Å². The van der Waals surface area contributed by atoms with Gasteiger partial charge >= 0.3 is 11.7 Å². The quantitative estimate of drug-likeness (QED) is 0.585. The molecule has 90 valence electrons. The van der Waals surface area contributed by atoms with Gasteiger partial charge in [-0.2, -0.15) is 0 Å². The number of aromatic nitrogens is 2. The molecular formula is C9H10N4O4. The van der Waals surface area contributed by atoms with Crippen LogP contribution in [0.5, 0.6) is 0 Å². The number of rotatable bonds is 5. The number of nitro groups is 1. The van der Waals surface area contributed by atoms with Crippen molar-refractivity contribution in [2.24, 2.45) is 0 Å². The molecule has 0 bridgehead atoms. The van der Waals surface area contributed by atoms with Crippen molar-refractivity contribution in [3.05, 3.63) is 22.5 Å². The van der Waals surface area contributed by atoms with Gasteiger partial charge in [-0.1, -0.05) is 0 Å². The fraction of sp³-hybridized carbons (Fsp3) is 0.444. The molecule has 0 unspecified atom stereocenters. The minimum Gasteiger partial charge on any atom is -0.480 e. The van der Waals surface area contributed by atoms with Crippen LogP contribution in [-0.2, 0) is 4.79 Å². The topological polar surface area (TPSA) is 109 Å². The van der Waals surface area contributed by atoms with Gasteiger partial charge in [-0.15, -0.1) is 0 Å². The van der Waals surface area contributed by atoms with E-state index in [1.807, 2.05) is 0 Å². The van der Waals surface area contributed by atoms with Crippen LogP contribution < -0.4 is 4.90 Å². The zero-order valence-electron chi connectivity index (χ0n) is 8.81. The van der Waals surface area contributed by atoms with Crippen LogP contribution in [0.25, 0.3) is 0 Å². The first kappa shape index (κ1) is 11.2. The predicted octanol–water partition coefficient (Wildman–Crippen LogP) is 0.438. The molecule has 1 heterocycles. The van der Waals surface area contributed by atoms with E-state index in [9.17, 15) is 14.9 Å². The standard InChI is InChI=1S/C9H10N4O4/c14-8(15)5-12(6-1-2-6)9-10-3-7(4-11-9)13(16)17/h3-4,6H,1-2,5H2,(H,14,15). The van der Waals surface area contributed by atoms with Crippen molar-refractivity contribution in [2.45, 2.75) is 18.9 Å². The second-order valence-corrected chi connectivity index (χ2v) is 3.75. The minimum atomic E-state index is -0.973. The van der Waals surface area contributed by atoms with E-state index in [0.29, 0.717) is 0 Å². The van der Waals surface area contributed by atoms with E-state index >= 15 is 0 Å². The number of nitrogens with zero attached hydrogens (tertiary/aromatic N) is 4. The summed E-state index contributed by atoms with van der Waals surface area (Å²) < 4.78 is 0. The summed E-state index contributed by atoms with van der Waals surface area (Å²) in [5.74, 6) is -0.751. The van der Waals surface area contributed by atoms with E-state index in [1.165, 1.54) is 0 Å². The Morgan fingerprint density at radius 2 is 2.12 bits per heavy atom. The van der Waals surface area contributed by atoms with Gasteiger partial charge in [-0.05, 0) is 12.8 Å². The van der Waals surface area contributed by atoms with Crippen LogP contribution in [0.4, 0.5) is 11.6 Å². The van der Waals surface area contributed by atoms with Gasteiger partial charge in [0.25, 0.3) is 0 Å². The monoisotopic (exact) mass is 238 g/mol. The van der Waals surface area contributed by atoms with Crippen molar-refractivity contribution in [2.75, 3.05) is 11.4 Å². The van der Waals surface area contributed by atoms with E-state index in [4.69, 9.17) is 5.11 Å². The summed E-state index contributed by atoms with van der Waals surface area (Å²) in [6, 6.07) is 0.132. The van der Waals surface area contributed by atoms with Crippen molar-refractivity contribution in [1.82, 2.24) is 9.97 Å². The van der Waals surface area contributed by atoms with Gasteiger partial charge in [-0.25, -0.2) is 9.97 Å². The molecule has 2 rings (SSSR count). The molecule has 0 spiro atoms. The number of aliphatic carboxylic acids is 1. The molecule has 8 heteroatoms. The summed E-state index contributed by atoms with van der Waals surface area (Å²) in [6.07, 6.45) is 3.96. The van der Waals surface area contributed by atoms with Crippen LogP contribution in [0.2, 0.25) is 0 Å². The molecule has 0 saturated heterocycles. The molecule has 0 aromatic carbocycles. The molecule has 1 N–H and O–H groups in total. The highest BCUT2D eigenvalue weighted by Crippen LogP contribution is 2.29. The number of anilines is 1. The van der Waals surface area contributed by atoms with Crippen LogP contribution in [-0.4, -0.2) is 38.6 Å². The van der Waals surface area contributed by atoms with Gasteiger partial charge < -0.3 is 10.0 Å². The van der Waals surface area contributed by atoms with Crippen LogP contribution in [0.3, 0.4) is 0 Å². The highest BCUT2D eigenvalue weighted by atomic mass is 16.6. The third-order valence-corrected chi connectivity index (χ3v) is 2.39. The van der Waals surface area contributed by atoms with Gasteiger partial charge in [-0.3, -0.25) is 14.9 Å². The first-order valence-corrected chi connectivity index (χ1v) is 5.03. The number of hydrogen-bond donors (Lipinski definition) is 1. The molecule has 1 aliphatic rings. The molecule has 0 radical (unpaired) electrons. The summed E-state index contributed by atoms with van der Waals surface area (Å²) in [5.41, 5.74) is -0.208. The summed E-state index contributed by atoms with van der Waals surface area (Å²) >= 11 is 0. The van der Waals surface area contributed by atoms with E-state index in [2.05, 4.69) is 9.97 Å². The first-order valence-electron chi connectivity index (χ1n) is 5.03. The van der Waals surface area contributed by atoms with Crippen molar-refractivity contribution in [3.63, 3.8) is 0 Å². The third kappa shape index (κ3) is 2.65. The summed E-state index contributed by atoms with van der Waals surface area (Å²) in [7, 11) is 0. The van der Waals surface area contributed by atoms with Gasteiger partial charge in [0.2, 0.25) is 5.95 Å². The highest BCUT2D eigenvalue weighted by molar-refractivity contribution is 5.73. The van der Waals surface area contributed by atoms with E-state index in [0.717, 1.165) is 25.2 Å². The lowest BCUT2D eigenvalue weighted by Crippen LogP contribution is -2.33. The highest BCUT2D eigenvalue weighted by Gasteiger charge is 2.32. The van der Waals surface area contributed by atoms with Crippen molar-refractivity contribution >= 4 is 17.6 Å². The number of carboxylic acid groups (broad SMARTS) is 1. The van der Waals surface area contributed by atoms with Crippen LogP contribution in [0.1, 0.15) is 12.8 Å². The lowest BCUT2D eigenvalue weighted by molar-refractivity contribution is -0.385. The summed E-state index contributed by atoms with van der Waals surface area (Å²) in [4.78, 5) is 29.7. The SMILES string of the molecule is O=C(O)CN(c1ncc([N+](=O)[O-])cn1)C1CC1. The molecule has 0 aliphatic heterocycles. The van der Waals surface area contributed by atoms with E-state index in [-0.39, 0.29) is 24.2 Å². The van der Waals surface area contributed by atoms with Crippen LogP contribution in [0.15, 0.2) is 12.4 Å². The Balaban J connectivity index is 2.18. The largest absolute Gasteiger partial charge is 0.480 e. The fourth-order valence-corrected chi connectivity index (χ4v) is 1.45. The maximum absolute atomic E-state index is 10.7. The van der Waals surface area contributed by atoms with Crippen molar-refractivity contribution in [1.29, 1.82) is 0 Å². The first-order chi connectivity index (χ1) is 8.08. The Bertz CT molecular complexity index is 443. The molecule has 17 heavy (non-hydrogen) atoms. The Kier molecular flexibility index (Phi) is 2.86. The van der Waals surface area contributed by atoms with E-state index < -0.39 is 10.9 Å². The van der Waals surface area contributed by atoms with Gasteiger partial charge in [0.05, 0.1) is 4.92 Å². The van der Waals surface area contributed by atoms with Crippen LogP contribution >= 0.6 is 0 Å². The molecular weight excluding hydrogens is 228 g/mol. The Hall–Kier alpha value is -2.25. The molecule has 1 saturated carbocycles. The van der Waals surface area contributed by atoms with E-state index in [1.54, 1.807) is 4.90 Å². The molecule has 1 aliphatic carbocycles. The number of hydrogen-bond acceptors (Lipinski definition) is 6. The predicted molar refractivity (Wildman–Crippen MR) is 56.7 cm³/mol. The second kappa shape index (κ2) is 4.32.